The first-order valence-electron chi connectivity index (χ1n) is 3.08. The van der Waals surface area contributed by atoms with Gasteiger partial charge in [0.25, 0.3) is 0 Å². The van der Waals surface area contributed by atoms with Crippen molar-refractivity contribution in [3.05, 3.63) is 24.3 Å². The summed E-state index contributed by atoms with van der Waals surface area (Å²) in [6.45, 7) is 0. The summed E-state index contributed by atoms with van der Waals surface area (Å²) < 4.78 is 0. The van der Waals surface area contributed by atoms with Crippen LogP contribution in [0.15, 0.2) is 24.3 Å². The van der Waals surface area contributed by atoms with E-state index in [1.807, 2.05) is 12.2 Å². The third kappa shape index (κ3) is 0.790. The second-order valence-electron chi connectivity index (χ2n) is 2.24. The van der Waals surface area contributed by atoms with Crippen molar-refractivity contribution >= 4 is 0 Å². The van der Waals surface area contributed by atoms with Crippen LogP contribution < -0.4 is 16.4 Å². The molecule has 0 saturated carbocycles. The normalized spacial score (nSPS) is 39.1. The molecule has 0 radical (unpaired) electrons. The number of hydrogen-bond donors (Lipinski definition) is 3. The van der Waals surface area contributed by atoms with Crippen LogP contribution in [0.1, 0.15) is 0 Å². The molecule has 1 heterocycles. The molecule has 0 spiro atoms. The molecule has 2 unspecified atom stereocenters. The van der Waals surface area contributed by atoms with Gasteiger partial charge in [-0.15, -0.1) is 0 Å². The number of fused-ring (bicyclic) bond motifs is 1. The average molecular weight is 123 g/mol. The van der Waals surface area contributed by atoms with Crippen LogP contribution in [0.3, 0.4) is 0 Å². The lowest BCUT2D eigenvalue weighted by molar-refractivity contribution is 0.570. The zero-order valence-corrected chi connectivity index (χ0v) is 4.96. The molecule has 0 aromatic rings. The first-order valence-corrected chi connectivity index (χ1v) is 3.08. The quantitative estimate of drug-likeness (QED) is 0.405. The van der Waals surface area contributed by atoms with E-state index < -0.39 is 0 Å². The van der Waals surface area contributed by atoms with Crippen LogP contribution in [0.4, 0.5) is 0 Å². The van der Waals surface area contributed by atoms with E-state index in [4.69, 9.17) is 0 Å². The molecule has 0 aromatic carbocycles. The minimum atomic E-state index is 0.426. The van der Waals surface area contributed by atoms with Gasteiger partial charge in [0, 0.05) is 0 Å². The Labute approximate surface area is 53.8 Å². The zero-order chi connectivity index (χ0) is 6.10. The monoisotopic (exact) mass is 123 g/mol. The summed E-state index contributed by atoms with van der Waals surface area (Å²) in [5, 5.41) is 0. The highest BCUT2D eigenvalue weighted by Crippen LogP contribution is 2.05. The predicted molar refractivity (Wildman–Crippen MR) is 35.3 cm³/mol. The lowest BCUT2D eigenvalue weighted by Crippen LogP contribution is -2.32. The summed E-state index contributed by atoms with van der Waals surface area (Å²) in [5.74, 6) is 0. The molecule has 3 heteroatoms. The fourth-order valence-corrected chi connectivity index (χ4v) is 1.09. The lowest BCUT2D eigenvalue weighted by atomic mass is 10.1. The van der Waals surface area contributed by atoms with Crippen LogP contribution in [0.25, 0.3) is 0 Å². The third-order valence-electron chi connectivity index (χ3n) is 1.61. The van der Waals surface area contributed by atoms with Gasteiger partial charge in [-0.3, -0.25) is 0 Å². The van der Waals surface area contributed by atoms with E-state index >= 15 is 0 Å². The van der Waals surface area contributed by atoms with Crippen LogP contribution in [-0.4, -0.2) is 12.1 Å². The molecule has 1 aliphatic heterocycles. The van der Waals surface area contributed by atoms with Gasteiger partial charge >= 0.3 is 0 Å². The van der Waals surface area contributed by atoms with Crippen LogP contribution in [-0.2, 0) is 0 Å². The molecular formula is C6H9N3. The highest BCUT2D eigenvalue weighted by atomic mass is 15.7. The molecule has 9 heavy (non-hydrogen) atoms. The Hall–Kier alpha value is -0.640. The van der Waals surface area contributed by atoms with Gasteiger partial charge in [-0.05, 0) is 0 Å². The Morgan fingerprint density at radius 1 is 0.889 bits per heavy atom. The minimum Gasteiger partial charge on any atom is -0.235 e. The smallest absolute Gasteiger partial charge is 0.0612 e. The second-order valence-corrected chi connectivity index (χ2v) is 2.24. The Balaban J connectivity index is 2.18. The number of hydrazine groups is 2. The summed E-state index contributed by atoms with van der Waals surface area (Å²) in [6.07, 6.45) is 8.33. The molecule has 2 atom stereocenters. The van der Waals surface area contributed by atoms with Crippen LogP contribution in [0.5, 0.6) is 0 Å². The van der Waals surface area contributed by atoms with Gasteiger partial charge in [0.15, 0.2) is 0 Å². The van der Waals surface area contributed by atoms with Gasteiger partial charge < -0.3 is 0 Å². The minimum absolute atomic E-state index is 0.426. The van der Waals surface area contributed by atoms with Gasteiger partial charge in [-0.2, -0.15) is 5.53 Å². The SMILES string of the molecule is C1=CC2NNNC2C=C1. The van der Waals surface area contributed by atoms with Crippen molar-refractivity contribution in [2.24, 2.45) is 0 Å². The molecular weight excluding hydrogens is 114 g/mol. The molecule has 2 aliphatic rings. The van der Waals surface area contributed by atoms with Crippen LogP contribution in [0.2, 0.25) is 0 Å². The molecule has 0 bridgehead atoms. The average Bonchev–Trinajstić information content (AvgIpc) is 2.33. The van der Waals surface area contributed by atoms with E-state index in [0.717, 1.165) is 0 Å². The molecule has 48 valence electrons. The summed E-state index contributed by atoms with van der Waals surface area (Å²) in [7, 11) is 0. The van der Waals surface area contributed by atoms with E-state index in [2.05, 4.69) is 28.5 Å². The van der Waals surface area contributed by atoms with E-state index in [0.29, 0.717) is 12.1 Å². The number of nitrogens with one attached hydrogen (secondary N) is 3. The highest BCUT2D eigenvalue weighted by Gasteiger charge is 2.22. The van der Waals surface area contributed by atoms with E-state index in [1.54, 1.807) is 0 Å². The Bertz CT molecular complexity index is 144. The van der Waals surface area contributed by atoms with Gasteiger partial charge in [0.05, 0.1) is 12.1 Å². The zero-order valence-electron chi connectivity index (χ0n) is 4.96. The number of hydrogen-bond acceptors (Lipinski definition) is 3. The second kappa shape index (κ2) is 1.95. The third-order valence-corrected chi connectivity index (χ3v) is 1.61. The standard InChI is InChI=1S/C6H9N3/c1-2-4-6-5(3-1)7-9-8-6/h1-9H. The predicted octanol–water partition coefficient (Wildman–Crippen LogP) is -0.538. The molecule has 1 saturated heterocycles. The van der Waals surface area contributed by atoms with Crippen molar-refractivity contribution in [3.8, 4) is 0 Å². The van der Waals surface area contributed by atoms with Gasteiger partial charge in [0.2, 0.25) is 0 Å². The fraction of sp³-hybridized carbons (Fsp3) is 0.333. The summed E-state index contributed by atoms with van der Waals surface area (Å²) in [5.41, 5.74) is 8.98. The molecule has 2 rings (SSSR count). The van der Waals surface area contributed by atoms with Gasteiger partial charge in [-0.1, -0.05) is 24.3 Å². The first-order chi connectivity index (χ1) is 4.47. The molecule has 1 aliphatic carbocycles. The highest BCUT2D eigenvalue weighted by molar-refractivity contribution is 5.20. The number of allylic oxidation sites excluding steroid dienone is 2. The largest absolute Gasteiger partial charge is 0.235 e. The van der Waals surface area contributed by atoms with Crippen molar-refractivity contribution in [1.29, 1.82) is 0 Å². The lowest BCUT2D eigenvalue weighted by Gasteiger charge is -2.11. The Morgan fingerprint density at radius 2 is 1.44 bits per heavy atom. The topological polar surface area (TPSA) is 36.1 Å². The fourth-order valence-electron chi connectivity index (χ4n) is 1.09. The maximum absolute atomic E-state index is 3.06. The van der Waals surface area contributed by atoms with E-state index in [9.17, 15) is 0 Å². The molecule has 3 N–H and O–H groups in total. The molecule has 0 amide bonds. The maximum atomic E-state index is 3.06. The van der Waals surface area contributed by atoms with Crippen molar-refractivity contribution in [2.75, 3.05) is 0 Å². The van der Waals surface area contributed by atoms with Crippen molar-refractivity contribution in [3.63, 3.8) is 0 Å². The Morgan fingerprint density at radius 3 is 2.00 bits per heavy atom. The summed E-state index contributed by atoms with van der Waals surface area (Å²) >= 11 is 0. The number of rotatable bonds is 0. The molecule has 3 nitrogen and oxygen atoms in total. The van der Waals surface area contributed by atoms with E-state index in [1.165, 1.54) is 0 Å². The molecule has 0 aromatic heterocycles. The maximum Gasteiger partial charge on any atom is 0.0612 e. The van der Waals surface area contributed by atoms with E-state index in [-0.39, 0.29) is 0 Å². The van der Waals surface area contributed by atoms with Crippen molar-refractivity contribution in [1.82, 2.24) is 16.4 Å². The van der Waals surface area contributed by atoms with Crippen LogP contribution >= 0.6 is 0 Å². The van der Waals surface area contributed by atoms with Gasteiger partial charge in [0.1, 0.15) is 0 Å². The first kappa shape index (κ1) is 5.17. The van der Waals surface area contributed by atoms with Gasteiger partial charge in [-0.25, -0.2) is 10.9 Å². The van der Waals surface area contributed by atoms with Crippen molar-refractivity contribution < 1.29 is 0 Å². The van der Waals surface area contributed by atoms with Crippen LogP contribution in [0, 0.1) is 0 Å². The molecule has 1 fully saturated rings. The Kier molecular flexibility index (Phi) is 1.12. The summed E-state index contributed by atoms with van der Waals surface area (Å²) in [6, 6.07) is 0.852. The van der Waals surface area contributed by atoms with Crippen molar-refractivity contribution in [2.45, 2.75) is 12.1 Å². The summed E-state index contributed by atoms with van der Waals surface area (Å²) in [4.78, 5) is 0.